The number of amides is 1. The predicted octanol–water partition coefficient (Wildman–Crippen LogP) is -0.0323. The molecule has 4 nitrogen and oxygen atoms in total. The minimum atomic E-state index is -0.230. The topological polar surface area (TPSA) is 52.6 Å². The first-order chi connectivity index (χ1) is 6.61. The lowest BCUT2D eigenvalue weighted by atomic mass is 10.2. The molecule has 0 aromatic rings. The van der Waals surface area contributed by atoms with Crippen LogP contribution in [0.5, 0.6) is 0 Å². The normalized spacial score (nSPS) is 24.9. The Morgan fingerprint density at radius 2 is 2.43 bits per heavy atom. The Morgan fingerprint density at radius 1 is 1.71 bits per heavy atom. The molecule has 0 radical (unpaired) electrons. The van der Waals surface area contributed by atoms with Gasteiger partial charge in [0.1, 0.15) is 0 Å². The van der Waals surface area contributed by atoms with Gasteiger partial charge in [-0.3, -0.25) is 9.69 Å². The number of β-amino-alcohol motifs (C(OH)–C–C–N with tert-alkyl or cyclic N) is 1. The third-order valence-electron chi connectivity index (χ3n) is 2.62. The van der Waals surface area contributed by atoms with Crippen molar-refractivity contribution in [1.82, 2.24) is 10.2 Å². The van der Waals surface area contributed by atoms with Gasteiger partial charge in [-0.2, -0.15) is 0 Å². The first-order valence-electron chi connectivity index (χ1n) is 5.29. The second kappa shape index (κ2) is 5.32. The minimum Gasteiger partial charge on any atom is -0.392 e. The van der Waals surface area contributed by atoms with Crippen molar-refractivity contribution < 1.29 is 9.90 Å². The molecule has 2 unspecified atom stereocenters. The van der Waals surface area contributed by atoms with Crippen LogP contribution in [-0.4, -0.2) is 47.7 Å². The third-order valence-corrected chi connectivity index (χ3v) is 2.62. The summed E-state index contributed by atoms with van der Waals surface area (Å²) in [5, 5.41) is 12.4. The average molecular weight is 200 g/mol. The zero-order chi connectivity index (χ0) is 10.6. The second-order valence-electron chi connectivity index (χ2n) is 4.01. The molecule has 1 aliphatic rings. The molecule has 4 heteroatoms. The van der Waals surface area contributed by atoms with E-state index >= 15 is 0 Å². The maximum atomic E-state index is 10.8. The van der Waals surface area contributed by atoms with Crippen LogP contribution < -0.4 is 5.32 Å². The van der Waals surface area contributed by atoms with E-state index in [9.17, 15) is 9.90 Å². The number of likely N-dealkylation sites (tertiary alicyclic amines) is 1. The Kier molecular flexibility index (Phi) is 4.35. The average Bonchev–Trinajstić information content (AvgIpc) is 2.51. The van der Waals surface area contributed by atoms with E-state index in [0.29, 0.717) is 0 Å². The second-order valence-corrected chi connectivity index (χ2v) is 4.01. The molecule has 14 heavy (non-hydrogen) atoms. The minimum absolute atomic E-state index is 0.0351. The van der Waals surface area contributed by atoms with Gasteiger partial charge in [0.05, 0.1) is 6.10 Å². The largest absolute Gasteiger partial charge is 0.392 e. The van der Waals surface area contributed by atoms with Gasteiger partial charge in [-0.1, -0.05) is 6.92 Å². The number of rotatable bonds is 4. The van der Waals surface area contributed by atoms with Crippen LogP contribution in [0.4, 0.5) is 0 Å². The van der Waals surface area contributed by atoms with Crippen LogP contribution in [-0.2, 0) is 4.79 Å². The summed E-state index contributed by atoms with van der Waals surface area (Å²) >= 11 is 0. The number of carbonyl (C=O) groups excluding carboxylic acids is 1. The van der Waals surface area contributed by atoms with E-state index in [2.05, 4.69) is 10.2 Å². The van der Waals surface area contributed by atoms with E-state index in [1.165, 1.54) is 0 Å². The van der Waals surface area contributed by atoms with Crippen LogP contribution in [0.1, 0.15) is 26.7 Å². The summed E-state index contributed by atoms with van der Waals surface area (Å²) in [6, 6.07) is 0.275. The molecular weight excluding hydrogens is 180 g/mol. The number of nitrogens with zero attached hydrogens (tertiary/aromatic N) is 1. The van der Waals surface area contributed by atoms with Gasteiger partial charge in [0.25, 0.3) is 0 Å². The van der Waals surface area contributed by atoms with Gasteiger partial charge in [0.2, 0.25) is 5.91 Å². The van der Waals surface area contributed by atoms with Crippen molar-refractivity contribution in [2.75, 3.05) is 19.6 Å². The fourth-order valence-corrected chi connectivity index (χ4v) is 1.83. The number of carbonyl (C=O) groups is 1. The first kappa shape index (κ1) is 11.5. The van der Waals surface area contributed by atoms with Gasteiger partial charge in [0.15, 0.2) is 0 Å². The molecule has 0 aromatic carbocycles. The molecule has 0 aromatic heterocycles. The molecule has 0 spiro atoms. The van der Waals surface area contributed by atoms with Gasteiger partial charge in [-0.25, -0.2) is 0 Å². The monoisotopic (exact) mass is 200 g/mol. The van der Waals surface area contributed by atoms with E-state index in [1.807, 2.05) is 6.92 Å². The number of aliphatic hydroxyl groups excluding tert-OH is 1. The Bertz CT molecular complexity index is 197. The Hall–Kier alpha value is -0.610. The zero-order valence-corrected chi connectivity index (χ0v) is 8.99. The molecule has 0 bridgehead atoms. The van der Waals surface area contributed by atoms with Crippen LogP contribution in [0, 0.1) is 0 Å². The Morgan fingerprint density at radius 3 is 3.00 bits per heavy atom. The molecule has 1 fully saturated rings. The predicted molar refractivity (Wildman–Crippen MR) is 55.0 cm³/mol. The van der Waals surface area contributed by atoms with Crippen LogP contribution in [0.25, 0.3) is 0 Å². The highest BCUT2D eigenvalue weighted by molar-refractivity contribution is 5.73. The van der Waals surface area contributed by atoms with Crippen molar-refractivity contribution in [3.63, 3.8) is 0 Å². The summed E-state index contributed by atoms with van der Waals surface area (Å²) in [7, 11) is 0. The van der Waals surface area contributed by atoms with Crippen molar-refractivity contribution in [3.05, 3.63) is 0 Å². The lowest BCUT2D eigenvalue weighted by Gasteiger charge is -2.19. The summed E-state index contributed by atoms with van der Waals surface area (Å²) < 4.78 is 0. The van der Waals surface area contributed by atoms with Crippen LogP contribution >= 0.6 is 0 Å². The van der Waals surface area contributed by atoms with Gasteiger partial charge >= 0.3 is 0 Å². The first-order valence-corrected chi connectivity index (χ1v) is 5.29. The highest BCUT2D eigenvalue weighted by Gasteiger charge is 2.23. The fraction of sp³-hybridized carbons (Fsp3) is 0.900. The highest BCUT2D eigenvalue weighted by atomic mass is 16.3. The SMILES string of the molecule is CCC(O)CN1CCC(NC(C)=O)C1. The Balaban J connectivity index is 2.23. The molecule has 2 atom stereocenters. The van der Waals surface area contributed by atoms with Crippen molar-refractivity contribution in [2.24, 2.45) is 0 Å². The van der Waals surface area contributed by atoms with Crippen molar-refractivity contribution >= 4 is 5.91 Å². The third kappa shape index (κ3) is 3.64. The van der Waals surface area contributed by atoms with E-state index in [1.54, 1.807) is 6.92 Å². The zero-order valence-electron chi connectivity index (χ0n) is 8.99. The van der Waals surface area contributed by atoms with Crippen LogP contribution in [0.2, 0.25) is 0 Å². The summed E-state index contributed by atoms with van der Waals surface area (Å²) in [5.41, 5.74) is 0. The number of hydrogen-bond donors (Lipinski definition) is 2. The van der Waals surface area contributed by atoms with E-state index in [4.69, 9.17) is 0 Å². The van der Waals surface area contributed by atoms with Gasteiger partial charge < -0.3 is 10.4 Å². The standard InChI is InChI=1S/C10H20N2O2/c1-3-10(14)7-12-5-4-9(6-12)11-8(2)13/h9-10,14H,3-7H2,1-2H3,(H,11,13). The summed E-state index contributed by atoms with van der Waals surface area (Å²) in [4.78, 5) is 13.0. The van der Waals surface area contributed by atoms with E-state index in [0.717, 1.165) is 32.5 Å². The van der Waals surface area contributed by atoms with Crippen molar-refractivity contribution in [2.45, 2.75) is 38.8 Å². The molecule has 1 aliphatic heterocycles. The van der Waals surface area contributed by atoms with Crippen molar-refractivity contribution in [1.29, 1.82) is 0 Å². The highest BCUT2D eigenvalue weighted by Crippen LogP contribution is 2.10. The van der Waals surface area contributed by atoms with Crippen molar-refractivity contribution in [3.8, 4) is 0 Å². The maximum Gasteiger partial charge on any atom is 0.217 e. The number of hydrogen-bond acceptors (Lipinski definition) is 3. The van der Waals surface area contributed by atoms with E-state index in [-0.39, 0.29) is 18.1 Å². The molecule has 0 aliphatic carbocycles. The molecular formula is C10H20N2O2. The molecule has 2 N–H and O–H groups in total. The van der Waals surface area contributed by atoms with Crippen LogP contribution in [0.3, 0.4) is 0 Å². The lowest BCUT2D eigenvalue weighted by Crippen LogP contribution is -2.37. The number of nitrogens with one attached hydrogen (secondary N) is 1. The smallest absolute Gasteiger partial charge is 0.217 e. The Labute approximate surface area is 85.3 Å². The molecule has 1 rings (SSSR count). The molecule has 1 amide bonds. The fourth-order valence-electron chi connectivity index (χ4n) is 1.83. The molecule has 0 saturated carbocycles. The summed E-state index contributed by atoms with van der Waals surface area (Å²) in [6.07, 6.45) is 1.56. The molecule has 1 heterocycles. The van der Waals surface area contributed by atoms with Crippen LogP contribution in [0.15, 0.2) is 0 Å². The maximum absolute atomic E-state index is 10.8. The molecule has 1 saturated heterocycles. The van der Waals surface area contributed by atoms with Gasteiger partial charge in [-0.15, -0.1) is 0 Å². The lowest BCUT2D eigenvalue weighted by molar-refractivity contribution is -0.119. The quantitative estimate of drug-likeness (QED) is 0.670. The number of aliphatic hydroxyl groups is 1. The van der Waals surface area contributed by atoms with E-state index < -0.39 is 0 Å². The van der Waals surface area contributed by atoms with Gasteiger partial charge in [0, 0.05) is 32.6 Å². The summed E-state index contributed by atoms with van der Waals surface area (Å²) in [6.45, 7) is 6.10. The molecule has 82 valence electrons. The van der Waals surface area contributed by atoms with Gasteiger partial charge in [-0.05, 0) is 12.8 Å². The summed E-state index contributed by atoms with van der Waals surface area (Å²) in [5.74, 6) is 0.0351.